The summed E-state index contributed by atoms with van der Waals surface area (Å²) in [5.74, 6) is -0.142. The number of hydrogen-bond donors (Lipinski definition) is 2. The highest BCUT2D eigenvalue weighted by Gasteiger charge is 2.26. The predicted octanol–water partition coefficient (Wildman–Crippen LogP) is 0.925. The maximum Gasteiger partial charge on any atom is 0.238 e. The minimum Gasteiger partial charge on any atom is -0.368 e. The third-order valence-electron chi connectivity index (χ3n) is 2.58. The predicted molar refractivity (Wildman–Crippen MR) is 72.0 cm³/mol. The maximum atomic E-state index is 11.2. The van der Waals surface area contributed by atoms with Gasteiger partial charge in [0.1, 0.15) is 16.9 Å². The summed E-state index contributed by atoms with van der Waals surface area (Å²) in [5, 5.41) is 1.75. The number of aromatic nitrogens is 2. The number of carbonyl (C=O) groups excluding carboxylic acids is 1. The van der Waals surface area contributed by atoms with Crippen LogP contribution in [0.5, 0.6) is 0 Å². The van der Waals surface area contributed by atoms with Crippen molar-refractivity contribution in [3.8, 4) is 0 Å². The van der Waals surface area contributed by atoms with Gasteiger partial charge in [-0.15, -0.1) is 11.8 Å². The van der Waals surface area contributed by atoms with E-state index in [-0.39, 0.29) is 0 Å². The molecule has 94 valence electrons. The Morgan fingerprint density at radius 2 is 2.11 bits per heavy atom. The van der Waals surface area contributed by atoms with Crippen LogP contribution in [0.25, 0.3) is 10.9 Å². The summed E-state index contributed by atoms with van der Waals surface area (Å²) in [4.78, 5) is 19.5. The fourth-order valence-corrected chi connectivity index (χ4v) is 2.41. The number of fused-ring (bicyclic) bond motifs is 1. The van der Waals surface area contributed by atoms with Gasteiger partial charge in [0.25, 0.3) is 0 Å². The highest BCUT2D eigenvalue weighted by Crippen LogP contribution is 2.26. The van der Waals surface area contributed by atoms with Crippen LogP contribution in [0.1, 0.15) is 6.92 Å². The number of hydrogen-bond acceptors (Lipinski definition) is 5. The molecule has 0 bridgehead atoms. The summed E-state index contributed by atoms with van der Waals surface area (Å²) in [6.07, 6.45) is 1.50. The van der Waals surface area contributed by atoms with E-state index < -0.39 is 11.4 Å². The molecule has 6 heteroatoms. The molecular formula is C12H14N4OS. The van der Waals surface area contributed by atoms with Crippen LogP contribution < -0.4 is 11.5 Å². The largest absolute Gasteiger partial charge is 0.368 e. The van der Waals surface area contributed by atoms with Gasteiger partial charge in [-0.2, -0.15) is 0 Å². The van der Waals surface area contributed by atoms with Gasteiger partial charge in [0, 0.05) is 11.1 Å². The van der Waals surface area contributed by atoms with Crippen LogP contribution >= 0.6 is 11.8 Å². The molecule has 0 spiro atoms. The first-order valence-corrected chi connectivity index (χ1v) is 6.40. The lowest BCUT2D eigenvalue weighted by atomic mass is 10.1. The molecule has 0 aliphatic carbocycles. The third-order valence-corrected chi connectivity index (χ3v) is 3.92. The van der Waals surface area contributed by atoms with Crippen molar-refractivity contribution in [3.63, 3.8) is 0 Å². The highest BCUT2D eigenvalue weighted by molar-refractivity contribution is 7.99. The van der Waals surface area contributed by atoms with E-state index in [1.165, 1.54) is 18.1 Å². The van der Waals surface area contributed by atoms with Crippen LogP contribution in [0.4, 0.5) is 0 Å². The molecule has 0 aliphatic heterocycles. The first-order chi connectivity index (χ1) is 8.50. The molecule has 0 saturated carbocycles. The molecule has 0 saturated heterocycles. The number of carbonyl (C=O) groups is 1. The lowest BCUT2D eigenvalue weighted by Crippen LogP contribution is -2.51. The molecule has 2 aromatic rings. The standard InChI is InChI=1S/C12H14N4OS/c1-12(14,11(13)17)6-18-10-8-4-2-3-5-9(8)15-7-16-10/h2-5,7H,6,14H2,1H3,(H2,13,17). The van der Waals surface area contributed by atoms with Crippen LogP contribution in [0.2, 0.25) is 0 Å². The van der Waals surface area contributed by atoms with E-state index in [4.69, 9.17) is 11.5 Å². The third kappa shape index (κ3) is 2.60. The Morgan fingerprint density at radius 3 is 2.83 bits per heavy atom. The van der Waals surface area contributed by atoms with Crippen LogP contribution in [0, 0.1) is 0 Å². The number of primary amides is 1. The Bertz CT molecular complexity index is 580. The quantitative estimate of drug-likeness (QED) is 0.631. The average molecular weight is 262 g/mol. The molecule has 18 heavy (non-hydrogen) atoms. The van der Waals surface area contributed by atoms with Crippen molar-refractivity contribution < 1.29 is 4.79 Å². The zero-order valence-electron chi connectivity index (χ0n) is 9.96. The highest BCUT2D eigenvalue weighted by atomic mass is 32.2. The second-order valence-corrected chi connectivity index (χ2v) is 5.23. The van der Waals surface area contributed by atoms with Gasteiger partial charge in [0.2, 0.25) is 5.91 Å². The van der Waals surface area contributed by atoms with Gasteiger partial charge in [0.05, 0.1) is 5.52 Å². The summed E-state index contributed by atoms with van der Waals surface area (Å²) in [6, 6.07) is 7.69. The molecular weight excluding hydrogens is 248 g/mol. The second-order valence-electron chi connectivity index (χ2n) is 4.27. The molecule has 4 N–H and O–H groups in total. The smallest absolute Gasteiger partial charge is 0.238 e. The summed E-state index contributed by atoms with van der Waals surface area (Å²) in [7, 11) is 0. The van der Waals surface area contributed by atoms with Gasteiger partial charge in [-0.3, -0.25) is 4.79 Å². The molecule has 1 heterocycles. The monoisotopic (exact) mass is 262 g/mol. The molecule has 1 aromatic heterocycles. The molecule has 0 radical (unpaired) electrons. The fourth-order valence-electron chi connectivity index (χ4n) is 1.38. The van der Waals surface area contributed by atoms with Crippen molar-refractivity contribution in [2.75, 3.05) is 5.75 Å². The summed E-state index contributed by atoms with van der Waals surface area (Å²) in [5.41, 5.74) is 10.9. The summed E-state index contributed by atoms with van der Waals surface area (Å²) < 4.78 is 0. The topological polar surface area (TPSA) is 94.9 Å². The number of para-hydroxylation sites is 1. The Labute approximate surface area is 109 Å². The molecule has 0 fully saturated rings. The summed E-state index contributed by atoms with van der Waals surface area (Å²) >= 11 is 1.41. The lowest BCUT2D eigenvalue weighted by molar-refractivity contribution is -0.121. The van der Waals surface area contributed by atoms with Gasteiger partial charge in [0.15, 0.2) is 0 Å². The average Bonchev–Trinajstić information content (AvgIpc) is 2.36. The lowest BCUT2D eigenvalue weighted by Gasteiger charge is -2.19. The van der Waals surface area contributed by atoms with Crippen molar-refractivity contribution in [3.05, 3.63) is 30.6 Å². The molecule has 1 aromatic carbocycles. The van der Waals surface area contributed by atoms with E-state index in [9.17, 15) is 4.79 Å². The van der Waals surface area contributed by atoms with Gasteiger partial charge in [-0.1, -0.05) is 18.2 Å². The SMILES string of the molecule is CC(N)(CSc1ncnc2ccccc12)C(N)=O. The van der Waals surface area contributed by atoms with E-state index in [1.807, 2.05) is 24.3 Å². The maximum absolute atomic E-state index is 11.2. The van der Waals surface area contributed by atoms with E-state index in [0.717, 1.165) is 15.9 Å². The molecule has 1 amide bonds. The van der Waals surface area contributed by atoms with Crippen LogP contribution in [-0.4, -0.2) is 27.2 Å². The van der Waals surface area contributed by atoms with Crippen molar-refractivity contribution in [1.29, 1.82) is 0 Å². The van der Waals surface area contributed by atoms with Crippen LogP contribution in [0.3, 0.4) is 0 Å². The van der Waals surface area contributed by atoms with Crippen molar-refractivity contribution in [1.82, 2.24) is 9.97 Å². The van der Waals surface area contributed by atoms with Crippen molar-refractivity contribution in [2.45, 2.75) is 17.5 Å². The van der Waals surface area contributed by atoms with Crippen molar-refractivity contribution >= 4 is 28.6 Å². The van der Waals surface area contributed by atoms with E-state index in [1.54, 1.807) is 6.92 Å². The number of nitrogens with zero attached hydrogens (tertiary/aromatic N) is 2. The van der Waals surface area contributed by atoms with Gasteiger partial charge in [-0.05, 0) is 13.0 Å². The zero-order valence-corrected chi connectivity index (χ0v) is 10.8. The van der Waals surface area contributed by atoms with Gasteiger partial charge in [-0.25, -0.2) is 9.97 Å². The normalized spacial score (nSPS) is 14.3. The minimum atomic E-state index is -1.04. The Morgan fingerprint density at radius 1 is 1.39 bits per heavy atom. The molecule has 1 unspecified atom stereocenters. The van der Waals surface area contributed by atoms with Crippen LogP contribution in [-0.2, 0) is 4.79 Å². The second kappa shape index (κ2) is 4.91. The van der Waals surface area contributed by atoms with E-state index >= 15 is 0 Å². The molecule has 2 rings (SSSR count). The number of amides is 1. The zero-order chi connectivity index (χ0) is 13.2. The Kier molecular flexibility index (Phi) is 3.49. The first-order valence-electron chi connectivity index (χ1n) is 5.42. The fraction of sp³-hybridized carbons (Fsp3) is 0.250. The first kappa shape index (κ1) is 12.8. The van der Waals surface area contributed by atoms with Crippen molar-refractivity contribution in [2.24, 2.45) is 11.5 Å². The van der Waals surface area contributed by atoms with Gasteiger partial charge >= 0.3 is 0 Å². The number of thioether (sulfide) groups is 1. The number of benzene rings is 1. The van der Waals surface area contributed by atoms with E-state index in [2.05, 4.69) is 9.97 Å². The molecule has 5 nitrogen and oxygen atoms in total. The molecule has 1 atom stereocenters. The minimum absolute atomic E-state index is 0.378. The number of nitrogens with two attached hydrogens (primary N) is 2. The Balaban J connectivity index is 2.25. The number of rotatable bonds is 4. The summed E-state index contributed by atoms with van der Waals surface area (Å²) in [6.45, 7) is 1.62. The van der Waals surface area contributed by atoms with E-state index in [0.29, 0.717) is 5.75 Å². The molecule has 0 aliphatic rings. The van der Waals surface area contributed by atoms with Crippen LogP contribution in [0.15, 0.2) is 35.6 Å². The van der Waals surface area contributed by atoms with Gasteiger partial charge < -0.3 is 11.5 Å². The Hall–Kier alpha value is -1.66.